The Morgan fingerprint density at radius 2 is 1.70 bits per heavy atom. The van der Waals surface area contributed by atoms with E-state index < -0.39 is 11.0 Å². The van der Waals surface area contributed by atoms with Crippen LogP contribution in [0.15, 0.2) is 88.8 Å². The maximum Gasteiger partial charge on any atom is 0.270 e. The lowest BCUT2D eigenvalue weighted by Gasteiger charge is -2.31. The Morgan fingerprint density at radius 3 is 2.46 bits per heavy atom. The number of rotatable bonds is 8. The van der Waals surface area contributed by atoms with Crippen LogP contribution in [0.2, 0.25) is 0 Å². The molecule has 1 unspecified atom stereocenters. The standard InChI is InChI=1S/C27H23N5O4S/c33-24(28-16-18-6-2-1-3-7-18)15-14-23-26(34)30-25-21-8-4-5-9-22(21)29-27(31(23)25)37-17-19-10-12-20(13-11-19)32(35)36/h1-13,23H,14-17H2,(H,28,33). The predicted octanol–water partition coefficient (Wildman–Crippen LogP) is 4.58. The third-order valence-electron chi connectivity index (χ3n) is 6.10. The van der Waals surface area contributed by atoms with E-state index in [0.717, 1.165) is 22.4 Å². The van der Waals surface area contributed by atoms with Crippen LogP contribution >= 0.6 is 11.8 Å². The summed E-state index contributed by atoms with van der Waals surface area (Å²) in [5.74, 6) is 0.601. The number of carbonyl (C=O) groups excluding carboxylic acids is 2. The van der Waals surface area contributed by atoms with Gasteiger partial charge in [0, 0.05) is 36.4 Å². The molecule has 0 fully saturated rings. The van der Waals surface area contributed by atoms with Crippen molar-refractivity contribution in [1.29, 1.82) is 0 Å². The van der Waals surface area contributed by atoms with E-state index in [0.29, 0.717) is 29.7 Å². The minimum atomic E-state index is -0.631. The molecular formula is C27H23N5O4S. The molecule has 2 aliphatic rings. The number of thioether (sulfide) groups is 1. The summed E-state index contributed by atoms with van der Waals surface area (Å²) in [5, 5.41) is 14.5. The van der Waals surface area contributed by atoms with Gasteiger partial charge in [-0.3, -0.25) is 24.6 Å². The lowest BCUT2D eigenvalue weighted by molar-refractivity contribution is -0.384. The molecule has 0 aromatic heterocycles. The first kappa shape index (κ1) is 24.4. The van der Waals surface area contributed by atoms with Crippen LogP contribution in [0.4, 0.5) is 11.4 Å². The maximum absolute atomic E-state index is 13.0. The third kappa shape index (κ3) is 5.44. The topological polar surface area (TPSA) is 117 Å². The van der Waals surface area contributed by atoms with Crippen LogP contribution in [-0.4, -0.2) is 38.7 Å². The number of nitro benzene ring substituents is 1. The van der Waals surface area contributed by atoms with Crippen molar-refractivity contribution in [2.24, 2.45) is 9.98 Å². The Bertz CT molecular complexity index is 1410. The SMILES string of the molecule is O=C(CCC1C(=O)N=C2c3ccccc3N=C(SCc3ccc([N+](=O)[O-])cc3)N21)NCc1ccccc1. The zero-order chi connectivity index (χ0) is 25.8. The number of aliphatic imine (C=N–C) groups is 2. The Balaban J connectivity index is 1.30. The summed E-state index contributed by atoms with van der Waals surface area (Å²) in [6.07, 6.45) is 0.468. The first-order chi connectivity index (χ1) is 18.0. The van der Waals surface area contributed by atoms with E-state index in [1.807, 2.05) is 59.5 Å². The minimum Gasteiger partial charge on any atom is -0.352 e. The number of non-ortho nitro benzene ring substituents is 1. The van der Waals surface area contributed by atoms with Crippen LogP contribution in [0, 0.1) is 10.1 Å². The minimum absolute atomic E-state index is 0.0304. The molecule has 9 nitrogen and oxygen atoms in total. The van der Waals surface area contributed by atoms with Gasteiger partial charge >= 0.3 is 0 Å². The second kappa shape index (κ2) is 10.8. The van der Waals surface area contributed by atoms with E-state index in [4.69, 9.17) is 4.99 Å². The highest BCUT2D eigenvalue weighted by Gasteiger charge is 2.41. The second-order valence-corrected chi connectivity index (χ2v) is 9.53. The lowest BCUT2D eigenvalue weighted by Crippen LogP contribution is -2.44. The van der Waals surface area contributed by atoms with Gasteiger partial charge in [0.05, 0.1) is 10.6 Å². The van der Waals surface area contributed by atoms with Gasteiger partial charge in [-0.2, -0.15) is 4.99 Å². The molecule has 1 N–H and O–H groups in total. The van der Waals surface area contributed by atoms with Crippen LogP contribution < -0.4 is 5.32 Å². The van der Waals surface area contributed by atoms with Crippen LogP contribution in [0.25, 0.3) is 0 Å². The Morgan fingerprint density at radius 1 is 0.973 bits per heavy atom. The van der Waals surface area contributed by atoms with E-state index in [-0.39, 0.29) is 23.9 Å². The zero-order valence-corrected chi connectivity index (χ0v) is 20.6. The summed E-state index contributed by atoms with van der Waals surface area (Å²) in [5.41, 5.74) is 3.41. The molecule has 2 aliphatic heterocycles. The summed E-state index contributed by atoms with van der Waals surface area (Å²) in [6, 6.07) is 22.9. The molecule has 0 bridgehead atoms. The largest absolute Gasteiger partial charge is 0.352 e. The van der Waals surface area contributed by atoms with E-state index in [2.05, 4.69) is 10.3 Å². The molecule has 0 saturated heterocycles. The zero-order valence-electron chi connectivity index (χ0n) is 19.7. The number of nitrogens with one attached hydrogen (secondary N) is 1. The van der Waals surface area contributed by atoms with Crippen molar-refractivity contribution >= 4 is 46.0 Å². The number of fused-ring (bicyclic) bond motifs is 3. The van der Waals surface area contributed by atoms with Gasteiger partial charge in [-0.15, -0.1) is 0 Å². The molecule has 3 aromatic rings. The average molecular weight is 514 g/mol. The quantitative estimate of drug-likeness (QED) is 0.348. The van der Waals surface area contributed by atoms with Gasteiger partial charge in [0.15, 0.2) is 5.17 Å². The van der Waals surface area contributed by atoms with Gasteiger partial charge < -0.3 is 5.32 Å². The van der Waals surface area contributed by atoms with Crippen molar-refractivity contribution < 1.29 is 14.5 Å². The van der Waals surface area contributed by atoms with Crippen LogP contribution in [0.1, 0.15) is 29.5 Å². The normalized spacial score (nSPS) is 15.9. The number of hydrogen-bond acceptors (Lipinski definition) is 7. The van der Waals surface area contributed by atoms with Gasteiger partial charge in [-0.25, -0.2) is 4.99 Å². The van der Waals surface area contributed by atoms with Crippen LogP contribution in [-0.2, 0) is 21.9 Å². The summed E-state index contributed by atoms with van der Waals surface area (Å²) in [7, 11) is 0. The van der Waals surface area contributed by atoms with E-state index in [1.165, 1.54) is 23.9 Å². The van der Waals surface area contributed by atoms with Crippen molar-refractivity contribution in [2.75, 3.05) is 0 Å². The number of nitrogens with zero attached hydrogens (tertiary/aromatic N) is 4. The van der Waals surface area contributed by atoms with Crippen molar-refractivity contribution in [3.63, 3.8) is 0 Å². The summed E-state index contributed by atoms with van der Waals surface area (Å²) < 4.78 is 0. The van der Waals surface area contributed by atoms with Crippen molar-refractivity contribution in [3.8, 4) is 0 Å². The van der Waals surface area contributed by atoms with Crippen molar-refractivity contribution in [3.05, 3.63) is 106 Å². The first-order valence-electron chi connectivity index (χ1n) is 11.8. The van der Waals surface area contributed by atoms with Gasteiger partial charge in [0.1, 0.15) is 11.9 Å². The van der Waals surface area contributed by atoms with Crippen molar-refractivity contribution in [2.45, 2.75) is 31.2 Å². The fourth-order valence-electron chi connectivity index (χ4n) is 4.19. The molecule has 0 radical (unpaired) electrons. The number of nitro groups is 1. The number of amides is 2. The Labute approximate surface area is 217 Å². The van der Waals surface area contributed by atoms with Gasteiger partial charge in [0.25, 0.3) is 11.6 Å². The Hall–Kier alpha value is -4.31. The van der Waals surface area contributed by atoms with Crippen LogP contribution in [0.3, 0.4) is 0 Å². The number of carbonyl (C=O) groups is 2. The number of para-hydroxylation sites is 1. The number of hydrogen-bond donors (Lipinski definition) is 1. The third-order valence-corrected chi connectivity index (χ3v) is 7.12. The summed E-state index contributed by atoms with van der Waals surface area (Å²) in [6.45, 7) is 0.426. The maximum atomic E-state index is 13.0. The van der Waals surface area contributed by atoms with Gasteiger partial charge in [-0.05, 0) is 29.7 Å². The summed E-state index contributed by atoms with van der Waals surface area (Å²) in [4.78, 5) is 47.0. The fraction of sp³-hybridized carbons (Fsp3) is 0.185. The fourth-order valence-corrected chi connectivity index (χ4v) is 5.19. The summed E-state index contributed by atoms with van der Waals surface area (Å²) >= 11 is 1.42. The molecule has 0 aliphatic carbocycles. The molecule has 10 heteroatoms. The lowest BCUT2D eigenvalue weighted by atomic mass is 10.1. The number of benzene rings is 3. The van der Waals surface area contributed by atoms with Crippen molar-refractivity contribution in [1.82, 2.24) is 10.2 Å². The van der Waals surface area contributed by atoms with Crippen LogP contribution in [0.5, 0.6) is 0 Å². The molecule has 2 heterocycles. The number of amidine groups is 2. The highest BCUT2D eigenvalue weighted by Crippen LogP contribution is 2.36. The highest BCUT2D eigenvalue weighted by atomic mass is 32.2. The monoisotopic (exact) mass is 513 g/mol. The highest BCUT2D eigenvalue weighted by molar-refractivity contribution is 8.13. The molecule has 186 valence electrons. The molecule has 5 rings (SSSR count). The average Bonchev–Trinajstić information content (AvgIpc) is 3.26. The Kier molecular flexibility index (Phi) is 7.09. The molecule has 2 amide bonds. The molecular weight excluding hydrogens is 490 g/mol. The smallest absolute Gasteiger partial charge is 0.270 e. The molecule has 3 aromatic carbocycles. The molecule has 37 heavy (non-hydrogen) atoms. The molecule has 0 saturated carbocycles. The molecule has 0 spiro atoms. The molecule has 1 atom stereocenters. The van der Waals surface area contributed by atoms with E-state index in [1.54, 1.807) is 12.1 Å². The van der Waals surface area contributed by atoms with Gasteiger partial charge in [0.2, 0.25) is 5.91 Å². The van der Waals surface area contributed by atoms with Gasteiger partial charge in [-0.1, -0.05) is 66.4 Å². The first-order valence-corrected chi connectivity index (χ1v) is 12.7. The van der Waals surface area contributed by atoms with E-state index >= 15 is 0 Å². The predicted molar refractivity (Wildman–Crippen MR) is 143 cm³/mol. The second-order valence-electron chi connectivity index (χ2n) is 8.58. The van der Waals surface area contributed by atoms with E-state index in [9.17, 15) is 19.7 Å².